The minimum absolute atomic E-state index is 0.516. The van der Waals surface area contributed by atoms with Crippen molar-refractivity contribution in [3.8, 4) is 0 Å². The lowest BCUT2D eigenvalue weighted by Crippen LogP contribution is -1.61. The van der Waals surface area contributed by atoms with Crippen LogP contribution >= 0.6 is 11.8 Å². The molecular weight excluding hydrogens is 142 g/mol. The zero-order valence-corrected chi connectivity index (χ0v) is 5.29. The largest absolute Gasteiger partial charge is 0.207 e. The molecule has 0 N–H and O–H groups in total. The molecule has 1 rings (SSSR count). The second-order valence-corrected chi connectivity index (χ2v) is 2.34. The Bertz CT molecular complexity index is 191. The van der Waals surface area contributed by atoms with Crippen molar-refractivity contribution in [2.45, 2.75) is 0 Å². The Morgan fingerprint density at radius 1 is 1.33 bits per heavy atom. The van der Waals surface area contributed by atoms with Gasteiger partial charge in [0.15, 0.2) is 5.16 Å². The number of thioether (sulfide) groups is 1. The SMILES string of the molecule is FC1=CC=CSC(F)=C1. The molecule has 0 amide bonds. The molecule has 0 radical (unpaired) electrons. The molecule has 1 aliphatic heterocycles. The number of hydrogen-bond acceptors (Lipinski definition) is 1. The molecule has 0 aromatic heterocycles. The van der Waals surface area contributed by atoms with Gasteiger partial charge in [0, 0.05) is 6.08 Å². The summed E-state index contributed by atoms with van der Waals surface area (Å²) in [5.41, 5.74) is 0. The van der Waals surface area contributed by atoms with Crippen molar-refractivity contribution < 1.29 is 8.78 Å². The van der Waals surface area contributed by atoms with Crippen molar-refractivity contribution in [2.75, 3.05) is 0 Å². The monoisotopic (exact) mass is 146 g/mol. The summed E-state index contributed by atoms with van der Waals surface area (Å²) in [4.78, 5) is 0. The van der Waals surface area contributed by atoms with Crippen molar-refractivity contribution in [1.29, 1.82) is 0 Å². The first kappa shape index (κ1) is 6.55. The maximum atomic E-state index is 12.2. The molecule has 0 aromatic rings. The van der Waals surface area contributed by atoms with Gasteiger partial charge in [0.25, 0.3) is 0 Å². The van der Waals surface area contributed by atoms with Crippen LogP contribution in [0.1, 0.15) is 0 Å². The van der Waals surface area contributed by atoms with Gasteiger partial charge in [0.2, 0.25) is 0 Å². The van der Waals surface area contributed by atoms with Crippen LogP contribution in [-0.2, 0) is 0 Å². The Kier molecular flexibility index (Phi) is 2.05. The molecule has 0 spiro atoms. The molecule has 0 nitrogen and oxygen atoms in total. The molecule has 0 bridgehead atoms. The summed E-state index contributed by atoms with van der Waals surface area (Å²) in [6.07, 6.45) is 3.52. The molecular formula is C6H4F2S. The van der Waals surface area contributed by atoms with Crippen molar-refractivity contribution in [3.05, 3.63) is 34.6 Å². The van der Waals surface area contributed by atoms with Crippen LogP contribution in [-0.4, -0.2) is 0 Å². The summed E-state index contributed by atoms with van der Waals surface area (Å²) < 4.78 is 24.4. The van der Waals surface area contributed by atoms with Gasteiger partial charge in [-0.2, -0.15) is 4.39 Å². The van der Waals surface area contributed by atoms with E-state index in [0.717, 1.165) is 17.8 Å². The van der Waals surface area contributed by atoms with Crippen LogP contribution in [0.3, 0.4) is 0 Å². The van der Waals surface area contributed by atoms with Crippen LogP contribution in [0.25, 0.3) is 0 Å². The van der Waals surface area contributed by atoms with Gasteiger partial charge in [-0.3, -0.25) is 0 Å². The van der Waals surface area contributed by atoms with E-state index in [0.29, 0.717) is 0 Å². The predicted octanol–water partition coefficient (Wildman–Crippen LogP) is 2.91. The second kappa shape index (κ2) is 2.82. The van der Waals surface area contributed by atoms with Crippen LogP contribution in [0.15, 0.2) is 34.6 Å². The van der Waals surface area contributed by atoms with E-state index in [4.69, 9.17) is 0 Å². The lowest BCUT2D eigenvalue weighted by Gasteiger charge is -1.83. The Labute approximate surface area is 55.9 Å². The van der Waals surface area contributed by atoms with Crippen LogP contribution in [0, 0.1) is 0 Å². The topological polar surface area (TPSA) is 0 Å². The lowest BCUT2D eigenvalue weighted by molar-refractivity contribution is 0.646. The number of allylic oxidation sites excluding steroid dienone is 4. The van der Waals surface area contributed by atoms with E-state index < -0.39 is 11.0 Å². The van der Waals surface area contributed by atoms with Crippen LogP contribution in [0.5, 0.6) is 0 Å². The van der Waals surface area contributed by atoms with E-state index in [-0.39, 0.29) is 0 Å². The maximum Gasteiger partial charge on any atom is 0.163 e. The maximum absolute atomic E-state index is 12.2. The quantitative estimate of drug-likeness (QED) is 0.506. The van der Waals surface area contributed by atoms with Gasteiger partial charge in [0.05, 0.1) is 0 Å². The van der Waals surface area contributed by atoms with Gasteiger partial charge in [0.1, 0.15) is 5.83 Å². The third kappa shape index (κ3) is 2.01. The molecule has 0 aromatic carbocycles. The first-order valence-corrected chi connectivity index (χ1v) is 3.23. The Balaban J connectivity index is 2.82. The summed E-state index contributed by atoms with van der Waals surface area (Å²) in [5.74, 6) is -0.547. The molecule has 0 saturated carbocycles. The van der Waals surface area contributed by atoms with Crippen LogP contribution in [0.4, 0.5) is 8.78 Å². The van der Waals surface area contributed by atoms with E-state index in [1.807, 2.05) is 0 Å². The second-order valence-electron chi connectivity index (χ2n) is 1.45. The highest BCUT2D eigenvalue weighted by Gasteiger charge is 1.97. The highest BCUT2D eigenvalue weighted by Crippen LogP contribution is 2.23. The normalized spacial score (nSPS) is 18.4. The molecule has 0 unspecified atom stereocenters. The predicted molar refractivity (Wildman–Crippen MR) is 35.1 cm³/mol. The third-order valence-corrected chi connectivity index (χ3v) is 1.40. The summed E-state index contributed by atoms with van der Waals surface area (Å²) >= 11 is 0.864. The highest BCUT2D eigenvalue weighted by molar-refractivity contribution is 8.05. The van der Waals surface area contributed by atoms with Crippen molar-refractivity contribution in [2.24, 2.45) is 0 Å². The summed E-state index contributed by atoms with van der Waals surface area (Å²) in [6, 6.07) is 0. The molecule has 48 valence electrons. The standard InChI is InChI=1S/C6H4F2S/c7-5-2-1-3-9-6(8)4-5/h1-4H. The molecule has 0 atom stereocenters. The summed E-state index contributed by atoms with van der Waals surface area (Å²) in [6.45, 7) is 0. The van der Waals surface area contributed by atoms with Crippen LogP contribution < -0.4 is 0 Å². The van der Waals surface area contributed by atoms with Gasteiger partial charge < -0.3 is 0 Å². The Morgan fingerprint density at radius 3 is 2.89 bits per heavy atom. The fourth-order valence-corrected chi connectivity index (χ4v) is 0.894. The smallest absolute Gasteiger partial charge is 0.163 e. The average molecular weight is 146 g/mol. The van der Waals surface area contributed by atoms with E-state index in [1.165, 1.54) is 17.6 Å². The first-order chi connectivity index (χ1) is 4.29. The van der Waals surface area contributed by atoms with Crippen molar-refractivity contribution in [3.63, 3.8) is 0 Å². The van der Waals surface area contributed by atoms with Gasteiger partial charge in [-0.1, -0.05) is 17.8 Å². The zero-order valence-electron chi connectivity index (χ0n) is 4.47. The lowest BCUT2D eigenvalue weighted by atomic mass is 10.4. The Morgan fingerprint density at radius 2 is 2.11 bits per heavy atom. The molecule has 1 aliphatic rings. The van der Waals surface area contributed by atoms with Gasteiger partial charge in [-0.05, 0) is 11.5 Å². The number of rotatable bonds is 0. The highest BCUT2D eigenvalue weighted by atomic mass is 32.2. The van der Waals surface area contributed by atoms with E-state index in [9.17, 15) is 8.78 Å². The van der Waals surface area contributed by atoms with E-state index in [2.05, 4.69) is 0 Å². The molecule has 0 aliphatic carbocycles. The fourth-order valence-electron chi connectivity index (χ4n) is 0.426. The zero-order chi connectivity index (χ0) is 6.69. The van der Waals surface area contributed by atoms with E-state index >= 15 is 0 Å². The third-order valence-electron chi connectivity index (χ3n) is 0.766. The molecule has 9 heavy (non-hydrogen) atoms. The number of hydrogen-bond donors (Lipinski definition) is 0. The van der Waals surface area contributed by atoms with Gasteiger partial charge in [-0.15, -0.1) is 0 Å². The van der Waals surface area contributed by atoms with Crippen LogP contribution in [0.2, 0.25) is 0 Å². The van der Waals surface area contributed by atoms with Crippen molar-refractivity contribution >= 4 is 11.8 Å². The van der Waals surface area contributed by atoms with Gasteiger partial charge in [-0.25, -0.2) is 4.39 Å². The Hall–Kier alpha value is -0.570. The van der Waals surface area contributed by atoms with Crippen molar-refractivity contribution in [1.82, 2.24) is 0 Å². The summed E-state index contributed by atoms with van der Waals surface area (Å²) in [5, 5.41) is 0.968. The summed E-state index contributed by atoms with van der Waals surface area (Å²) in [7, 11) is 0. The van der Waals surface area contributed by atoms with Gasteiger partial charge >= 0.3 is 0 Å². The number of halogens is 2. The minimum Gasteiger partial charge on any atom is -0.207 e. The minimum atomic E-state index is -0.547. The molecule has 1 heterocycles. The fraction of sp³-hybridized carbons (Fsp3) is 0. The molecule has 0 saturated heterocycles. The first-order valence-electron chi connectivity index (χ1n) is 2.35. The molecule has 0 fully saturated rings. The average Bonchev–Trinajstić information content (AvgIpc) is 1.93. The molecule has 3 heteroatoms. The van der Waals surface area contributed by atoms with E-state index in [1.54, 1.807) is 0 Å².